The molecule has 39 heavy (non-hydrogen) atoms. The van der Waals surface area contributed by atoms with E-state index >= 15 is 0 Å². The van der Waals surface area contributed by atoms with Gasteiger partial charge in [-0.25, -0.2) is 19.6 Å². The van der Waals surface area contributed by atoms with Crippen molar-refractivity contribution >= 4 is 65.1 Å². The molecule has 0 amide bonds. The van der Waals surface area contributed by atoms with Gasteiger partial charge in [0.05, 0.1) is 17.4 Å². The van der Waals surface area contributed by atoms with Gasteiger partial charge in [0.25, 0.3) is 0 Å². The monoisotopic (exact) mass is 527 g/mol. The molecule has 0 unspecified atom stereocenters. The summed E-state index contributed by atoms with van der Waals surface area (Å²) in [4.78, 5) is 16.4. The molecule has 1 aliphatic heterocycles. The molecular weight excluding hydrogens is 502 g/mol. The van der Waals surface area contributed by atoms with Crippen molar-refractivity contribution in [2.45, 2.75) is 19.4 Å². The third-order valence-corrected chi connectivity index (χ3v) is 8.98. The molecule has 8 heteroatoms. The molecule has 190 valence electrons. The quantitative estimate of drug-likeness (QED) is 0.276. The Morgan fingerprint density at radius 1 is 0.846 bits per heavy atom. The van der Waals surface area contributed by atoms with Gasteiger partial charge in [-0.2, -0.15) is 5.10 Å². The van der Waals surface area contributed by atoms with Gasteiger partial charge in [0.1, 0.15) is 23.7 Å². The van der Waals surface area contributed by atoms with E-state index in [-0.39, 0.29) is 0 Å². The zero-order valence-corrected chi connectivity index (χ0v) is 22.0. The zero-order chi connectivity index (χ0) is 25.9. The number of hydrogen-bond donors (Lipinski definition) is 1. The van der Waals surface area contributed by atoms with Crippen LogP contribution < -0.4 is 10.6 Å². The molecule has 2 N–H and O–H groups in total. The molecule has 8 rings (SSSR count). The Kier molecular flexibility index (Phi) is 5.03. The van der Waals surface area contributed by atoms with E-state index < -0.39 is 0 Å². The standard InChI is InChI=1S/C31H25N7S/c32-30-27-28(23-11-7-10-22-21-9-2-4-13-25(21)39-29(22)23)36-38(31(27)34-18-33-30)17-19-16-26(37-14-5-6-15-37)35-24-12-3-1-8-20(19)24/h1-4,7-13,16,18H,5-6,14-15,17H2,(H2,32,33,34). The Labute approximate surface area is 228 Å². The largest absolute Gasteiger partial charge is 0.383 e. The van der Waals surface area contributed by atoms with Gasteiger partial charge in [0.15, 0.2) is 5.65 Å². The number of rotatable bonds is 4. The van der Waals surface area contributed by atoms with Crippen molar-refractivity contribution in [3.63, 3.8) is 0 Å². The summed E-state index contributed by atoms with van der Waals surface area (Å²) in [6.45, 7) is 2.64. The van der Waals surface area contributed by atoms with Crippen LogP contribution in [0.25, 0.3) is 53.4 Å². The molecule has 0 spiro atoms. The van der Waals surface area contributed by atoms with Gasteiger partial charge in [-0.3, -0.25) is 0 Å². The first-order chi connectivity index (χ1) is 19.2. The number of hydrogen-bond acceptors (Lipinski definition) is 7. The first kappa shape index (κ1) is 22.4. The molecule has 0 saturated carbocycles. The molecule has 0 radical (unpaired) electrons. The lowest BCUT2D eigenvalue weighted by Crippen LogP contribution is -2.19. The van der Waals surface area contributed by atoms with E-state index in [2.05, 4.69) is 81.6 Å². The van der Waals surface area contributed by atoms with Crippen LogP contribution in [0, 0.1) is 0 Å². The van der Waals surface area contributed by atoms with E-state index in [0.717, 1.165) is 57.7 Å². The van der Waals surface area contributed by atoms with Crippen LogP contribution in [0.5, 0.6) is 0 Å². The maximum absolute atomic E-state index is 6.50. The number of aromatic nitrogens is 5. The average molecular weight is 528 g/mol. The molecule has 7 aromatic rings. The van der Waals surface area contributed by atoms with Gasteiger partial charge < -0.3 is 10.6 Å². The van der Waals surface area contributed by atoms with E-state index in [0.29, 0.717) is 12.4 Å². The van der Waals surface area contributed by atoms with Crippen molar-refractivity contribution in [2.24, 2.45) is 0 Å². The summed E-state index contributed by atoms with van der Waals surface area (Å²) in [6, 6.07) is 25.5. The van der Waals surface area contributed by atoms with Crippen LogP contribution in [-0.4, -0.2) is 37.8 Å². The van der Waals surface area contributed by atoms with Crippen LogP contribution in [0.4, 0.5) is 11.6 Å². The highest BCUT2D eigenvalue weighted by atomic mass is 32.1. The fourth-order valence-electron chi connectivity index (χ4n) is 5.90. The molecule has 1 saturated heterocycles. The van der Waals surface area contributed by atoms with Gasteiger partial charge in [0, 0.05) is 44.2 Å². The number of benzene rings is 3. The van der Waals surface area contributed by atoms with Crippen LogP contribution in [-0.2, 0) is 6.54 Å². The van der Waals surface area contributed by atoms with E-state index in [1.165, 1.54) is 39.3 Å². The second kappa shape index (κ2) is 8.74. The maximum Gasteiger partial charge on any atom is 0.164 e. The van der Waals surface area contributed by atoms with Crippen molar-refractivity contribution in [1.82, 2.24) is 24.7 Å². The van der Waals surface area contributed by atoms with E-state index in [1.54, 1.807) is 11.3 Å². The summed E-state index contributed by atoms with van der Waals surface area (Å²) in [6.07, 6.45) is 3.94. The molecule has 0 bridgehead atoms. The Balaban J connectivity index is 1.33. The lowest BCUT2D eigenvalue weighted by molar-refractivity contribution is 0.709. The predicted octanol–water partition coefficient (Wildman–Crippen LogP) is 6.64. The summed E-state index contributed by atoms with van der Waals surface area (Å²) in [5, 5.41) is 9.57. The summed E-state index contributed by atoms with van der Waals surface area (Å²) >= 11 is 1.78. The highest BCUT2D eigenvalue weighted by molar-refractivity contribution is 7.26. The highest BCUT2D eigenvalue weighted by Gasteiger charge is 2.22. The predicted molar refractivity (Wildman–Crippen MR) is 160 cm³/mol. The van der Waals surface area contributed by atoms with E-state index in [4.69, 9.17) is 15.8 Å². The fraction of sp³-hybridized carbons (Fsp3) is 0.161. The van der Waals surface area contributed by atoms with Gasteiger partial charge in [0.2, 0.25) is 0 Å². The normalized spacial score (nSPS) is 13.9. The number of nitrogens with two attached hydrogens (primary N) is 1. The van der Waals surface area contributed by atoms with Crippen LogP contribution in [0.3, 0.4) is 0 Å². The Morgan fingerprint density at radius 2 is 1.64 bits per heavy atom. The minimum absolute atomic E-state index is 0.441. The SMILES string of the molecule is Nc1ncnc2c1c(-c1cccc3c1sc1ccccc13)nn2Cc1cc(N2CCCC2)nc2ccccc12. The average Bonchev–Trinajstić information content (AvgIpc) is 3.71. The summed E-state index contributed by atoms with van der Waals surface area (Å²) in [5.41, 5.74) is 11.3. The van der Waals surface area contributed by atoms with Crippen LogP contribution >= 0.6 is 11.3 Å². The topological polar surface area (TPSA) is 85.8 Å². The smallest absolute Gasteiger partial charge is 0.164 e. The zero-order valence-electron chi connectivity index (χ0n) is 21.2. The van der Waals surface area contributed by atoms with Gasteiger partial charge >= 0.3 is 0 Å². The van der Waals surface area contributed by atoms with Crippen LogP contribution in [0.15, 0.2) is 79.1 Å². The second-order valence-corrected chi connectivity index (χ2v) is 11.1. The molecule has 1 aliphatic rings. The first-order valence-corrected chi connectivity index (χ1v) is 14.1. The first-order valence-electron chi connectivity index (χ1n) is 13.3. The highest BCUT2D eigenvalue weighted by Crippen LogP contribution is 2.42. The number of anilines is 2. The third-order valence-electron chi connectivity index (χ3n) is 7.76. The van der Waals surface area contributed by atoms with Crippen molar-refractivity contribution in [1.29, 1.82) is 0 Å². The summed E-state index contributed by atoms with van der Waals surface area (Å²) in [5.74, 6) is 1.47. The Hall–Kier alpha value is -4.56. The number of fused-ring (bicyclic) bond motifs is 5. The van der Waals surface area contributed by atoms with Crippen molar-refractivity contribution in [3.8, 4) is 11.3 Å². The number of pyridine rings is 1. The van der Waals surface area contributed by atoms with E-state index in [1.807, 2.05) is 10.7 Å². The Bertz CT molecular complexity index is 2030. The third kappa shape index (κ3) is 3.55. The lowest BCUT2D eigenvalue weighted by Gasteiger charge is -2.19. The molecule has 3 aromatic carbocycles. The minimum Gasteiger partial charge on any atom is -0.383 e. The molecular formula is C31H25N7S. The molecule has 0 aliphatic carbocycles. The van der Waals surface area contributed by atoms with Gasteiger partial charge in [-0.1, -0.05) is 54.6 Å². The fourth-order valence-corrected chi connectivity index (χ4v) is 7.11. The number of thiophene rings is 1. The molecule has 5 heterocycles. The molecule has 4 aromatic heterocycles. The Morgan fingerprint density at radius 3 is 2.54 bits per heavy atom. The molecule has 1 fully saturated rings. The molecule has 7 nitrogen and oxygen atoms in total. The summed E-state index contributed by atoms with van der Waals surface area (Å²) < 4.78 is 4.43. The number of nitrogens with zero attached hydrogens (tertiary/aromatic N) is 6. The van der Waals surface area contributed by atoms with Crippen molar-refractivity contribution < 1.29 is 0 Å². The summed E-state index contributed by atoms with van der Waals surface area (Å²) in [7, 11) is 0. The van der Waals surface area contributed by atoms with E-state index in [9.17, 15) is 0 Å². The van der Waals surface area contributed by atoms with Crippen LogP contribution in [0.1, 0.15) is 18.4 Å². The number of para-hydroxylation sites is 1. The molecule has 0 atom stereocenters. The van der Waals surface area contributed by atoms with Crippen LogP contribution in [0.2, 0.25) is 0 Å². The van der Waals surface area contributed by atoms with Gasteiger partial charge in [-0.05, 0) is 36.6 Å². The maximum atomic E-state index is 6.50. The van der Waals surface area contributed by atoms with Gasteiger partial charge in [-0.15, -0.1) is 11.3 Å². The second-order valence-electron chi connectivity index (χ2n) is 10.1. The number of nitrogen functional groups attached to an aromatic ring is 1. The lowest BCUT2D eigenvalue weighted by atomic mass is 10.1. The van der Waals surface area contributed by atoms with Crippen molar-refractivity contribution in [2.75, 3.05) is 23.7 Å². The minimum atomic E-state index is 0.441. The van der Waals surface area contributed by atoms with Crippen molar-refractivity contribution in [3.05, 3.63) is 84.7 Å².